The molecular weight excluding hydrogens is 256 g/mol. The van der Waals surface area contributed by atoms with Gasteiger partial charge in [0.05, 0.1) is 5.56 Å². The molecule has 0 amide bonds. The Hall–Kier alpha value is -1.74. The van der Waals surface area contributed by atoms with Crippen molar-refractivity contribution in [2.24, 2.45) is 0 Å². The Morgan fingerprint density at radius 3 is 2.37 bits per heavy atom. The number of aromatic carboxylic acids is 1. The molecule has 1 N–H and O–H groups in total. The van der Waals surface area contributed by atoms with Gasteiger partial charge in [-0.3, -0.25) is 0 Å². The Morgan fingerprint density at radius 2 is 1.74 bits per heavy atom. The predicted octanol–water partition coefficient (Wildman–Crippen LogP) is 4.03. The first-order valence-electron chi connectivity index (χ1n) is 6.29. The Morgan fingerprint density at radius 1 is 1.05 bits per heavy atom. The Balaban J connectivity index is 1.63. The van der Waals surface area contributed by atoms with Crippen LogP contribution in [0, 0.1) is 0 Å². The first kappa shape index (κ1) is 12.3. The normalized spacial score (nSPS) is 21.1. The molecule has 0 heterocycles. The van der Waals surface area contributed by atoms with Gasteiger partial charge in [-0.1, -0.05) is 30.3 Å². The van der Waals surface area contributed by atoms with Gasteiger partial charge in [0.1, 0.15) is 0 Å². The number of hydrogen-bond donors (Lipinski definition) is 1. The summed E-state index contributed by atoms with van der Waals surface area (Å²) in [5, 5.41) is 9.48. The minimum atomic E-state index is -0.870. The molecular formula is C16H14O2S. The van der Waals surface area contributed by atoms with Crippen LogP contribution in [0.2, 0.25) is 0 Å². The number of hydrogen-bond acceptors (Lipinski definition) is 2. The third kappa shape index (κ3) is 2.82. The van der Waals surface area contributed by atoms with Crippen molar-refractivity contribution in [1.29, 1.82) is 0 Å². The Kier molecular flexibility index (Phi) is 3.30. The van der Waals surface area contributed by atoms with Gasteiger partial charge in [-0.25, -0.2) is 4.79 Å². The number of carbonyl (C=O) groups is 1. The van der Waals surface area contributed by atoms with Crippen LogP contribution in [-0.2, 0) is 0 Å². The zero-order valence-corrected chi connectivity index (χ0v) is 11.1. The SMILES string of the molecule is O=C(O)c1ccc(SC2CC2c2ccccc2)cc1. The summed E-state index contributed by atoms with van der Waals surface area (Å²) in [6.07, 6.45) is 1.20. The van der Waals surface area contributed by atoms with Crippen molar-refractivity contribution in [1.82, 2.24) is 0 Å². The zero-order valence-electron chi connectivity index (χ0n) is 10.3. The summed E-state index contributed by atoms with van der Waals surface area (Å²) in [6, 6.07) is 17.7. The number of carboxylic acids is 1. The Labute approximate surface area is 116 Å². The summed E-state index contributed by atoms with van der Waals surface area (Å²) in [6.45, 7) is 0. The average Bonchev–Trinajstić information content (AvgIpc) is 3.20. The highest BCUT2D eigenvalue weighted by atomic mass is 32.2. The van der Waals surface area contributed by atoms with E-state index in [0.29, 0.717) is 16.7 Å². The standard InChI is InChI=1S/C16H14O2S/c17-16(18)12-6-8-13(9-7-12)19-15-10-14(15)11-4-2-1-3-5-11/h1-9,14-15H,10H2,(H,17,18). The van der Waals surface area contributed by atoms with E-state index in [9.17, 15) is 4.79 Å². The van der Waals surface area contributed by atoms with Crippen molar-refractivity contribution in [2.45, 2.75) is 22.5 Å². The van der Waals surface area contributed by atoms with Gasteiger partial charge in [0.15, 0.2) is 0 Å². The van der Waals surface area contributed by atoms with E-state index in [0.717, 1.165) is 4.90 Å². The monoisotopic (exact) mass is 270 g/mol. The van der Waals surface area contributed by atoms with Gasteiger partial charge in [0.2, 0.25) is 0 Å². The van der Waals surface area contributed by atoms with Gasteiger partial charge in [-0.05, 0) is 42.2 Å². The van der Waals surface area contributed by atoms with Gasteiger partial charge in [-0.15, -0.1) is 11.8 Å². The first-order chi connectivity index (χ1) is 9.24. The van der Waals surface area contributed by atoms with Crippen LogP contribution in [0.4, 0.5) is 0 Å². The van der Waals surface area contributed by atoms with E-state index >= 15 is 0 Å². The molecule has 1 fully saturated rings. The molecule has 3 rings (SSSR count). The fourth-order valence-electron chi connectivity index (χ4n) is 2.20. The smallest absolute Gasteiger partial charge is 0.335 e. The van der Waals surface area contributed by atoms with Crippen molar-refractivity contribution in [2.75, 3.05) is 0 Å². The molecule has 0 aliphatic heterocycles. The molecule has 0 spiro atoms. The second-order valence-electron chi connectivity index (χ2n) is 4.74. The maximum absolute atomic E-state index is 10.8. The fraction of sp³-hybridized carbons (Fsp3) is 0.188. The van der Waals surface area contributed by atoms with E-state index in [2.05, 4.69) is 24.3 Å². The van der Waals surface area contributed by atoms with Crippen molar-refractivity contribution in [3.05, 3.63) is 65.7 Å². The lowest BCUT2D eigenvalue weighted by Crippen LogP contribution is -1.94. The fourth-order valence-corrected chi connectivity index (χ4v) is 3.47. The van der Waals surface area contributed by atoms with Gasteiger partial charge < -0.3 is 5.11 Å². The molecule has 96 valence electrons. The van der Waals surface area contributed by atoms with Crippen LogP contribution in [0.25, 0.3) is 0 Å². The summed E-state index contributed by atoms with van der Waals surface area (Å²) >= 11 is 1.84. The van der Waals surface area contributed by atoms with Gasteiger partial charge in [0, 0.05) is 10.1 Å². The van der Waals surface area contributed by atoms with E-state index in [4.69, 9.17) is 5.11 Å². The van der Waals surface area contributed by atoms with Crippen LogP contribution in [0.1, 0.15) is 28.3 Å². The molecule has 19 heavy (non-hydrogen) atoms. The minimum Gasteiger partial charge on any atom is -0.478 e. The van der Waals surface area contributed by atoms with Crippen LogP contribution in [-0.4, -0.2) is 16.3 Å². The van der Waals surface area contributed by atoms with E-state index < -0.39 is 5.97 Å². The molecule has 0 saturated heterocycles. The molecule has 1 aliphatic carbocycles. The molecule has 2 nitrogen and oxygen atoms in total. The second-order valence-corrected chi connectivity index (χ2v) is 6.05. The molecule has 2 atom stereocenters. The zero-order chi connectivity index (χ0) is 13.2. The molecule has 0 bridgehead atoms. The van der Waals surface area contributed by atoms with Crippen LogP contribution < -0.4 is 0 Å². The predicted molar refractivity (Wildman–Crippen MR) is 76.8 cm³/mol. The maximum atomic E-state index is 10.8. The minimum absolute atomic E-state index is 0.347. The Bertz CT molecular complexity index is 577. The van der Waals surface area contributed by atoms with E-state index in [1.165, 1.54) is 12.0 Å². The van der Waals surface area contributed by atoms with Crippen molar-refractivity contribution in [3.63, 3.8) is 0 Å². The molecule has 2 aromatic carbocycles. The van der Waals surface area contributed by atoms with Gasteiger partial charge in [0.25, 0.3) is 0 Å². The quantitative estimate of drug-likeness (QED) is 0.911. The van der Waals surface area contributed by atoms with Crippen LogP contribution >= 0.6 is 11.8 Å². The lowest BCUT2D eigenvalue weighted by Gasteiger charge is -2.02. The van der Waals surface area contributed by atoms with E-state index in [1.54, 1.807) is 12.1 Å². The maximum Gasteiger partial charge on any atom is 0.335 e. The van der Waals surface area contributed by atoms with Crippen molar-refractivity contribution in [3.8, 4) is 0 Å². The molecule has 1 aliphatic rings. The van der Waals surface area contributed by atoms with Crippen molar-refractivity contribution >= 4 is 17.7 Å². The average molecular weight is 270 g/mol. The topological polar surface area (TPSA) is 37.3 Å². The summed E-state index contributed by atoms with van der Waals surface area (Å²) in [5.41, 5.74) is 1.75. The number of thioether (sulfide) groups is 1. The highest BCUT2D eigenvalue weighted by Gasteiger charge is 2.38. The lowest BCUT2D eigenvalue weighted by molar-refractivity contribution is 0.0697. The van der Waals surface area contributed by atoms with Crippen molar-refractivity contribution < 1.29 is 9.90 Å². The molecule has 2 aromatic rings. The molecule has 0 radical (unpaired) electrons. The van der Waals surface area contributed by atoms with E-state index in [-0.39, 0.29) is 0 Å². The third-order valence-electron chi connectivity index (χ3n) is 3.35. The number of carboxylic acid groups (broad SMARTS) is 1. The second kappa shape index (κ2) is 5.10. The summed E-state index contributed by atoms with van der Waals surface area (Å²) in [7, 11) is 0. The highest BCUT2D eigenvalue weighted by molar-refractivity contribution is 8.00. The molecule has 1 saturated carbocycles. The van der Waals surface area contributed by atoms with E-state index in [1.807, 2.05) is 30.0 Å². The van der Waals surface area contributed by atoms with Crippen LogP contribution in [0.3, 0.4) is 0 Å². The summed E-state index contributed by atoms with van der Waals surface area (Å²) in [4.78, 5) is 11.9. The molecule has 3 heteroatoms. The lowest BCUT2D eigenvalue weighted by atomic mass is 10.1. The number of benzene rings is 2. The first-order valence-corrected chi connectivity index (χ1v) is 7.17. The molecule has 0 aromatic heterocycles. The number of rotatable bonds is 4. The summed E-state index contributed by atoms with van der Waals surface area (Å²) in [5.74, 6) is -0.226. The highest BCUT2D eigenvalue weighted by Crippen LogP contribution is 2.51. The van der Waals surface area contributed by atoms with Gasteiger partial charge >= 0.3 is 5.97 Å². The van der Waals surface area contributed by atoms with Crippen LogP contribution in [0.5, 0.6) is 0 Å². The van der Waals surface area contributed by atoms with Gasteiger partial charge in [-0.2, -0.15) is 0 Å². The largest absolute Gasteiger partial charge is 0.478 e. The molecule has 2 unspecified atom stereocenters. The van der Waals surface area contributed by atoms with Crippen LogP contribution in [0.15, 0.2) is 59.5 Å². The third-order valence-corrected chi connectivity index (χ3v) is 4.72. The summed E-state index contributed by atoms with van der Waals surface area (Å²) < 4.78 is 0.